The quantitative estimate of drug-likeness (QED) is 0.747. The van der Waals surface area contributed by atoms with Gasteiger partial charge >= 0.3 is 0 Å². The van der Waals surface area contributed by atoms with Crippen molar-refractivity contribution in [1.29, 1.82) is 0 Å². The number of fused-ring (bicyclic) bond motifs is 1. The van der Waals surface area contributed by atoms with Crippen LogP contribution in [0.3, 0.4) is 0 Å². The van der Waals surface area contributed by atoms with E-state index in [0.29, 0.717) is 6.54 Å². The van der Waals surface area contributed by atoms with E-state index in [1.54, 1.807) is 33.6 Å². The zero-order valence-electron chi connectivity index (χ0n) is 11.6. The second kappa shape index (κ2) is 5.10. The lowest BCUT2D eigenvalue weighted by Crippen LogP contribution is -2.20. The van der Waals surface area contributed by atoms with Gasteiger partial charge in [-0.1, -0.05) is 6.92 Å². The van der Waals surface area contributed by atoms with Crippen molar-refractivity contribution < 1.29 is 0 Å². The Morgan fingerprint density at radius 2 is 2.10 bits per heavy atom. The molecule has 0 radical (unpaired) electrons. The second-order valence-corrected chi connectivity index (χ2v) is 7.11. The van der Waals surface area contributed by atoms with Crippen molar-refractivity contribution >= 4 is 32.9 Å². The molecular formula is C14H15N3OS2. The van der Waals surface area contributed by atoms with Crippen LogP contribution in [-0.2, 0) is 13.0 Å². The predicted molar refractivity (Wildman–Crippen MR) is 83.9 cm³/mol. The van der Waals surface area contributed by atoms with Crippen LogP contribution >= 0.6 is 22.7 Å². The standard InChI is InChI=1S/C14H15N3OS2/c1-4-10-5-11-13(20-10)15-7-17(14(11)18)6-12-8(2)16-9(3)19-12/h5,7H,4,6H2,1-3H3. The lowest BCUT2D eigenvalue weighted by Gasteiger charge is -2.03. The van der Waals surface area contributed by atoms with Crippen LogP contribution in [0.4, 0.5) is 0 Å². The molecule has 3 aromatic heterocycles. The van der Waals surface area contributed by atoms with Crippen molar-refractivity contribution in [2.24, 2.45) is 0 Å². The Bertz CT molecular complexity index is 829. The molecule has 4 nitrogen and oxygen atoms in total. The maximum atomic E-state index is 12.5. The van der Waals surface area contributed by atoms with Gasteiger partial charge in [0.05, 0.1) is 29.0 Å². The van der Waals surface area contributed by atoms with Crippen LogP contribution in [0.25, 0.3) is 10.2 Å². The first-order chi connectivity index (χ1) is 9.58. The summed E-state index contributed by atoms with van der Waals surface area (Å²) in [6.07, 6.45) is 2.59. The van der Waals surface area contributed by atoms with Crippen LogP contribution in [-0.4, -0.2) is 14.5 Å². The van der Waals surface area contributed by atoms with E-state index < -0.39 is 0 Å². The Labute approximate surface area is 124 Å². The maximum Gasteiger partial charge on any atom is 0.262 e. The number of hydrogen-bond donors (Lipinski definition) is 0. The van der Waals surface area contributed by atoms with Gasteiger partial charge in [0, 0.05) is 9.75 Å². The van der Waals surface area contributed by atoms with E-state index in [1.807, 2.05) is 19.9 Å². The Hall–Kier alpha value is -1.53. The van der Waals surface area contributed by atoms with Gasteiger partial charge in [0.15, 0.2) is 0 Å². The molecule has 0 aromatic carbocycles. The van der Waals surface area contributed by atoms with Gasteiger partial charge in [0.25, 0.3) is 5.56 Å². The second-order valence-electron chi connectivity index (χ2n) is 4.70. The SMILES string of the molecule is CCc1cc2c(=O)n(Cc3sc(C)nc3C)cnc2s1. The summed E-state index contributed by atoms with van der Waals surface area (Å²) >= 11 is 3.24. The van der Waals surface area contributed by atoms with Crippen molar-refractivity contribution in [2.45, 2.75) is 33.7 Å². The maximum absolute atomic E-state index is 12.5. The third-order valence-electron chi connectivity index (χ3n) is 3.23. The molecule has 0 saturated heterocycles. The number of thiazole rings is 1. The van der Waals surface area contributed by atoms with E-state index in [1.165, 1.54) is 4.88 Å². The molecule has 20 heavy (non-hydrogen) atoms. The average Bonchev–Trinajstić information content (AvgIpc) is 2.97. The summed E-state index contributed by atoms with van der Waals surface area (Å²) in [6.45, 7) is 6.61. The topological polar surface area (TPSA) is 47.8 Å². The minimum Gasteiger partial charge on any atom is -0.293 e. The largest absolute Gasteiger partial charge is 0.293 e. The zero-order valence-corrected chi connectivity index (χ0v) is 13.3. The molecule has 0 aliphatic carbocycles. The number of hydrogen-bond acceptors (Lipinski definition) is 5. The molecule has 0 unspecified atom stereocenters. The van der Waals surface area contributed by atoms with Crippen LogP contribution in [0.2, 0.25) is 0 Å². The number of nitrogens with zero attached hydrogens (tertiary/aromatic N) is 3. The highest BCUT2D eigenvalue weighted by Crippen LogP contribution is 2.22. The van der Waals surface area contributed by atoms with Gasteiger partial charge in [0.1, 0.15) is 4.83 Å². The summed E-state index contributed by atoms with van der Waals surface area (Å²) in [5.41, 5.74) is 1.04. The molecule has 6 heteroatoms. The van der Waals surface area contributed by atoms with Gasteiger partial charge in [0.2, 0.25) is 0 Å². The molecule has 3 rings (SSSR count). The van der Waals surface area contributed by atoms with Crippen molar-refractivity contribution in [3.8, 4) is 0 Å². The van der Waals surface area contributed by atoms with Gasteiger partial charge in [-0.15, -0.1) is 22.7 Å². The van der Waals surface area contributed by atoms with Crippen LogP contribution in [0.1, 0.15) is 27.4 Å². The molecule has 0 atom stereocenters. The van der Waals surface area contributed by atoms with Crippen molar-refractivity contribution in [1.82, 2.24) is 14.5 Å². The zero-order chi connectivity index (χ0) is 14.3. The molecule has 0 N–H and O–H groups in total. The van der Waals surface area contributed by atoms with Crippen LogP contribution < -0.4 is 5.56 Å². The lowest BCUT2D eigenvalue weighted by atomic mass is 10.3. The van der Waals surface area contributed by atoms with E-state index in [2.05, 4.69) is 16.9 Å². The monoisotopic (exact) mass is 305 g/mol. The first kappa shape index (κ1) is 13.5. The number of rotatable bonds is 3. The van der Waals surface area contributed by atoms with Gasteiger partial charge < -0.3 is 0 Å². The Morgan fingerprint density at radius 1 is 1.30 bits per heavy atom. The van der Waals surface area contributed by atoms with E-state index in [0.717, 1.165) is 32.2 Å². The molecular weight excluding hydrogens is 290 g/mol. The highest BCUT2D eigenvalue weighted by molar-refractivity contribution is 7.18. The fourth-order valence-corrected chi connectivity index (χ4v) is 4.03. The van der Waals surface area contributed by atoms with Crippen molar-refractivity contribution in [3.05, 3.63) is 43.2 Å². The molecule has 104 valence electrons. The minimum absolute atomic E-state index is 0.0383. The normalized spacial score (nSPS) is 11.3. The van der Waals surface area contributed by atoms with Gasteiger partial charge in [-0.3, -0.25) is 9.36 Å². The average molecular weight is 305 g/mol. The fraction of sp³-hybridized carbons (Fsp3) is 0.357. The molecule has 0 amide bonds. The number of aryl methyl sites for hydroxylation is 3. The van der Waals surface area contributed by atoms with Gasteiger partial charge in [-0.2, -0.15) is 0 Å². The molecule has 0 spiro atoms. The summed E-state index contributed by atoms with van der Waals surface area (Å²) < 4.78 is 1.68. The minimum atomic E-state index is 0.0383. The third-order valence-corrected chi connectivity index (χ3v) is 5.48. The fourth-order valence-electron chi connectivity index (χ4n) is 2.17. The van der Waals surface area contributed by atoms with Crippen LogP contribution in [0.15, 0.2) is 17.2 Å². The molecule has 0 bridgehead atoms. The molecule has 0 aliphatic rings. The summed E-state index contributed by atoms with van der Waals surface area (Å²) in [5, 5.41) is 1.76. The summed E-state index contributed by atoms with van der Waals surface area (Å²) in [6, 6.07) is 1.97. The number of thiophene rings is 1. The van der Waals surface area contributed by atoms with E-state index in [-0.39, 0.29) is 5.56 Å². The van der Waals surface area contributed by atoms with Crippen LogP contribution in [0, 0.1) is 13.8 Å². The van der Waals surface area contributed by atoms with Crippen molar-refractivity contribution in [2.75, 3.05) is 0 Å². The van der Waals surface area contributed by atoms with Crippen molar-refractivity contribution in [3.63, 3.8) is 0 Å². The summed E-state index contributed by atoms with van der Waals surface area (Å²) in [5.74, 6) is 0. The number of aromatic nitrogens is 3. The van der Waals surface area contributed by atoms with Crippen LogP contribution in [0.5, 0.6) is 0 Å². The molecule has 0 aliphatic heterocycles. The van der Waals surface area contributed by atoms with E-state index >= 15 is 0 Å². The van der Waals surface area contributed by atoms with E-state index in [9.17, 15) is 4.79 Å². The smallest absolute Gasteiger partial charge is 0.262 e. The highest BCUT2D eigenvalue weighted by Gasteiger charge is 2.11. The third kappa shape index (κ3) is 2.29. The van der Waals surface area contributed by atoms with E-state index in [4.69, 9.17) is 0 Å². The molecule has 0 saturated carbocycles. The Kier molecular flexibility index (Phi) is 3.43. The van der Waals surface area contributed by atoms with Gasteiger partial charge in [-0.25, -0.2) is 9.97 Å². The Balaban J connectivity index is 2.06. The molecule has 3 aromatic rings. The predicted octanol–water partition coefficient (Wildman–Crippen LogP) is 3.14. The first-order valence-electron chi connectivity index (χ1n) is 6.49. The molecule has 3 heterocycles. The van der Waals surface area contributed by atoms with Gasteiger partial charge in [-0.05, 0) is 26.3 Å². The molecule has 0 fully saturated rings. The summed E-state index contributed by atoms with van der Waals surface area (Å²) in [4.78, 5) is 24.5. The highest BCUT2D eigenvalue weighted by atomic mass is 32.1. The Morgan fingerprint density at radius 3 is 2.75 bits per heavy atom. The first-order valence-corrected chi connectivity index (χ1v) is 8.12. The lowest BCUT2D eigenvalue weighted by molar-refractivity contribution is 0.753. The summed E-state index contributed by atoms with van der Waals surface area (Å²) in [7, 11) is 0.